The molecule has 0 atom stereocenters. The van der Waals surface area contributed by atoms with Crippen LogP contribution in [0.25, 0.3) is 0 Å². The molecule has 3 rings (SSSR count). The number of ether oxygens (including phenoxy) is 2. The van der Waals surface area contributed by atoms with Crippen molar-refractivity contribution in [2.45, 2.75) is 6.29 Å². The molecule has 0 aromatic heterocycles. The first-order chi connectivity index (χ1) is 9.53. The monoisotopic (exact) mass is 277 g/mol. The zero-order valence-electron chi connectivity index (χ0n) is 10.1. The molecule has 1 amide bonds. The maximum atomic E-state index is 12.9. The van der Waals surface area contributed by atoms with Gasteiger partial charge in [-0.2, -0.15) is 0 Å². The average molecular weight is 277 g/mol. The van der Waals surface area contributed by atoms with Gasteiger partial charge in [-0.15, -0.1) is 8.78 Å². The number of fused-ring (bicyclic) bond motifs is 1. The van der Waals surface area contributed by atoms with Crippen LogP contribution >= 0.6 is 0 Å². The van der Waals surface area contributed by atoms with E-state index in [9.17, 15) is 13.6 Å². The molecule has 6 heteroatoms. The van der Waals surface area contributed by atoms with Crippen molar-refractivity contribution in [1.82, 2.24) is 0 Å². The zero-order chi connectivity index (χ0) is 14.2. The largest absolute Gasteiger partial charge is 0.586 e. The Labute approximate surface area is 112 Å². The Morgan fingerprint density at radius 3 is 2.45 bits per heavy atom. The van der Waals surface area contributed by atoms with Crippen molar-refractivity contribution in [1.29, 1.82) is 0 Å². The Morgan fingerprint density at radius 2 is 1.70 bits per heavy atom. The minimum atomic E-state index is -3.66. The SMILES string of the molecule is O=C(Nc1ccc2c(c1)OC(F)(F)O2)c1ccccc1. The number of benzene rings is 2. The van der Waals surface area contributed by atoms with Crippen LogP contribution in [-0.2, 0) is 0 Å². The van der Waals surface area contributed by atoms with Crippen molar-refractivity contribution in [3.63, 3.8) is 0 Å². The van der Waals surface area contributed by atoms with E-state index in [0.29, 0.717) is 11.3 Å². The van der Waals surface area contributed by atoms with Crippen molar-refractivity contribution in [2.75, 3.05) is 5.32 Å². The van der Waals surface area contributed by atoms with Gasteiger partial charge in [-0.05, 0) is 24.3 Å². The first kappa shape index (κ1) is 12.4. The normalized spacial score (nSPS) is 14.9. The lowest BCUT2D eigenvalue weighted by atomic mass is 10.2. The van der Waals surface area contributed by atoms with Crippen molar-refractivity contribution in [2.24, 2.45) is 0 Å². The number of alkyl halides is 2. The fourth-order valence-electron chi connectivity index (χ4n) is 1.82. The summed E-state index contributed by atoms with van der Waals surface area (Å²) in [5.41, 5.74) is 0.814. The van der Waals surface area contributed by atoms with Gasteiger partial charge in [0.05, 0.1) is 0 Å². The summed E-state index contributed by atoms with van der Waals surface area (Å²) >= 11 is 0. The molecule has 0 bridgehead atoms. The summed E-state index contributed by atoms with van der Waals surface area (Å²) in [6.07, 6.45) is -3.66. The summed E-state index contributed by atoms with van der Waals surface area (Å²) in [6, 6.07) is 12.6. The molecule has 0 aliphatic carbocycles. The van der Waals surface area contributed by atoms with E-state index in [0.717, 1.165) is 0 Å². The molecular weight excluding hydrogens is 268 g/mol. The van der Waals surface area contributed by atoms with Gasteiger partial charge < -0.3 is 14.8 Å². The van der Waals surface area contributed by atoms with E-state index >= 15 is 0 Å². The fourth-order valence-corrected chi connectivity index (χ4v) is 1.82. The van der Waals surface area contributed by atoms with E-state index in [1.54, 1.807) is 30.3 Å². The third kappa shape index (κ3) is 2.40. The van der Waals surface area contributed by atoms with Crippen LogP contribution in [-0.4, -0.2) is 12.2 Å². The molecule has 0 spiro atoms. The Bertz CT molecular complexity index is 659. The lowest BCUT2D eigenvalue weighted by Crippen LogP contribution is -2.25. The third-order valence-corrected chi connectivity index (χ3v) is 2.70. The van der Waals surface area contributed by atoms with Gasteiger partial charge in [-0.3, -0.25) is 4.79 Å². The molecule has 1 N–H and O–H groups in total. The van der Waals surface area contributed by atoms with Gasteiger partial charge in [-0.1, -0.05) is 18.2 Å². The Morgan fingerprint density at radius 1 is 1.00 bits per heavy atom. The highest BCUT2D eigenvalue weighted by atomic mass is 19.3. The average Bonchev–Trinajstić information content (AvgIpc) is 2.73. The molecule has 102 valence electrons. The summed E-state index contributed by atoms with van der Waals surface area (Å²) in [4.78, 5) is 11.9. The number of anilines is 1. The van der Waals surface area contributed by atoms with E-state index in [1.807, 2.05) is 0 Å². The number of amides is 1. The minimum absolute atomic E-state index is 0.0623. The second-order valence-corrected chi connectivity index (χ2v) is 4.15. The van der Waals surface area contributed by atoms with Crippen molar-refractivity contribution < 1.29 is 23.0 Å². The summed E-state index contributed by atoms with van der Waals surface area (Å²) in [5, 5.41) is 2.60. The summed E-state index contributed by atoms with van der Waals surface area (Å²) < 4.78 is 34.3. The van der Waals surface area contributed by atoms with Crippen molar-refractivity contribution in [3.8, 4) is 11.5 Å². The maximum absolute atomic E-state index is 12.9. The predicted molar refractivity (Wildman–Crippen MR) is 67.0 cm³/mol. The second-order valence-electron chi connectivity index (χ2n) is 4.15. The van der Waals surface area contributed by atoms with Crippen LogP contribution in [0.15, 0.2) is 48.5 Å². The Hall–Kier alpha value is -2.63. The van der Waals surface area contributed by atoms with Crippen LogP contribution in [0.2, 0.25) is 0 Å². The van der Waals surface area contributed by atoms with E-state index in [1.165, 1.54) is 18.2 Å². The summed E-state index contributed by atoms with van der Waals surface area (Å²) in [6.45, 7) is 0. The number of carbonyl (C=O) groups excluding carboxylic acids is 1. The molecule has 0 fully saturated rings. The molecule has 0 saturated carbocycles. The predicted octanol–water partition coefficient (Wildman–Crippen LogP) is 3.26. The number of hydrogen-bond donors (Lipinski definition) is 1. The van der Waals surface area contributed by atoms with Gasteiger partial charge in [0.15, 0.2) is 11.5 Å². The molecule has 0 radical (unpaired) electrons. The van der Waals surface area contributed by atoms with Crippen LogP contribution in [0.1, 0.15) is 10.4 Å². The number of rotatable bonds is 2. The highest BCUT2D eigenvalue weighted by Crippen LogP contribution is 2.42. The zero-order valence-corrected chi connectivity index (χ0v) is 10.1. The van der Waals surface area contributed by atoms with Crippen LogP contribution in [0, 0.1) is 0 Å². The van der Waals surface area contributed by atoms with Crippen LogP contribution in [0.5, 0.6) is 11.5 Å². The Kier molecular flexibility index (Phi) is 2.78. The van der Waals surface area contributed by atoms with E-state index < -0.39 is 6.29 Å². The molecule has 0 unspecified atom stereocenters. The molecule has 1 aliphatic rings. The molecule has 20 heavy (non-hydrogen) atoms. The summed E-state index contributed by atoms with van der Waals surface area (Å²) in [5.74, 6) is -0.509. The van der Waals surface area contributed by atoms with Gasteiger partial charge in [0.25, 0.3) is 5.91 Å². The number of carbonyl (C=O) groups is 1. The minimum Gasteiger partial charge on any atom is -0.395 e. The molecular formula is C14H9F2NO3. The van der Waals surface area contributed by atoms with Gasteiger partial charge in [0.1, 0.15) is 0 Å². The molecule has 2 aromatic rings. The lowest BCUT2D eigenvalue weighted by molar-refractivity contribution is -0.286. The topological polar surface area (TPSA) is 47.6 Å². The van der Waals surface area contributed by atoms with E-state index in [4.69, 9.17) is 0 Å². The van der Waals surface area contributed by atoms with Gasteiger partial charge in [0.2, 0.25) is 0 Å². The Balaban J connectivity index is 1.79. The lowest BCUT2D eigenvalue weighted by Gasteiger charge is -2.06. The van der Waals surface area contributed by atoms with Crippen LogP contribution in [0.4, 0.5) is 14.5 Å². The number of hydrogen-bond acceptors (Lipinski definition) is 3. The van der Waals surface area contributed by atoms with Crippen molar-refractivity contribution in [3.05, 3.63) is 54.1 Å². The van der Waals surface area contributed by atoms with Crippen LogP contribution in [0.3, 0.4) is 0 Å². The molecule has 4 nitrogen and oxygen atoms in total. The first-order valence-corrected chi connectivity index (χ1v) is 5.80. The smallest absolute Gasteiger partial charge is 0.395 e. The van der Waals surface area contributed by atoms with Gasteiger partial charge >= 0.3 is 6.29 Å². The third-order valence-electron chi connectivity index (χ3n) is 2.70. The molecule has 2 aromatic carbocycles. The van der Waals surface area contributed by atoms with Crippen molar-refractivity contribution >= 4 is 11.6 Å². The van der Waals surface area contributed by atoms with Gasteiger partial charge in [0, 0.05) is 17.3 Å². The number of halogens is 2. The highest BCUT2D eigenvalue weighted by molar-refractivity contribution is 6.04. The number of nitrogens with one attached hydrogen (secondary N) is 1. The maximum Gasteiger partial charge on any atom is 0.586 e. The van der Waals surface area contributed by atoms with Gasteiger partial charge in [-0.25, -0.2) is 0 Å². The van der Waals surface area contributed by atoms with E-state index in [2.05, 4.69) is 14.8 Å². The molecule has 1 heterocycles. The molecule has 1 aliphatic heterocycles. The molecule has 0 saturated heterocycles. The first-order valence-electron chi connectivity index (χ1n) is 5.80. The highest BCUT2D eigenvalue weighted by Gasteiger charge is 2.43. The summed E-state index contributed by atoms with van der Waals surface area (Å²) in [7, 11) is 0. The van der Waals surface area contributed by atoms with E-state index in [-0.39, 0.29) is 17.4 Å². The fraction of sp³-hybridized carbons (Fsp3) is 0.0714. The standard InChI is InChI=1S/C14H9F2NO3/c15-14(16)19-11-7-6-10(8-12(11)20-14)17-13(18)9-4-2-1-3-5-9/h1-8H,(H,17,18). The quantitative estimate of drug-likeness (QED) is 0.916. The van der Waals surface area contributed by atoms with Crippen LogP contribution < -0.4 is 14.8 Å². The second kappa shape index (κ2) is 4.48.